The van der Waals surface area contributed by atoms with Gasteiger partial charge in [-0.2, -0.15) is 10.4 Å². The molecule has 24 heteroatoms. The van der Waals surface area contributed by atoms with Crippen molar-refractivity contribution < 1.29 is 67.7 Å². The van der Waals surface area contributed by atoms with E-state index in [-0.39, 0.29) is 63.8 Å². The number of carbonyl (C=O) groups excluding carboxylic acids is 2. The number of aliphatic hydroxyl groups excluding tert-OH is 2. The number of benzene rings is 4. The Kier molecular flexibility index (Phi) is 18.6. The number of aromatic nitrogens is 12. The van der Waals surface area contributed by atoms with Gasteiger partial charge in [0.15, 0.2) is 10.3 Å². The van der Waals surface area contributed by atoms with E-state index in [9.17, 15) is 30.0 Å². The van der Waals surface area contributed by atoms with Crippen molar-refractivity contribution in [2.45, 2.75) is 104 Å². The average molecular weight is 1030 g/mol. The number of halogens is 2. The molecular weight excluding hydrogens is 977 g/mol. The molecule has 0 amide bonds. The predicted molar refractivity (Wildman–Crippen MR) is 263 cm³/mol. The summed E-state index contributed by atoms with van der Waals surface area (Å²) in [4.78, 5) is 36.9. The second-order valence-electron chi connectivity index (χ2n) is 17.5. The molecule has 2 aliphatic heterocycles. The first-order valence-electron chi connectivity index (χ1n) is 23.6. The van der Waals surface area contributed by atoms with Crippen LogP contribution in [-0.4, -0.2) is 94.6 Å². The maximum absolute atomic E-state index is 12.2. The van der Waals surface area contributed by atoms with Crippen LogP contribution in [0.15, 0.2) is 84.9 Å². The van der Waals surface area contributed by atoms with Gasteiger partial charge in [0.2, 0.25) is 11.6 Å². The van der Waals surface area contributed by atoms with Crippen LogP contribution in [0.5, 0.6) is 0 Å². The maximum Gasteiger partial charge on any atom is 1.00 e. The van der Waals surface area contributed by atoms with Crippen molar-refractivity contribution in [2.75, 3.05) is 9.80 Å². The van der Waals surface area contributed by atoms with Gasteiger partial charge < -0.3 is 48.9 Å². The number of imidazole rings is 2. The van der Waals surface area contributed by atoms with Crippen LogP contribution >= 0.6 is 23.2 Å². The van der Waals surface area contributed by atoms with Crippen molar-refractivity contribution in [1.82, 2.24) is 60.4 Å². The van der Waals surface area contributed by atoms with Crippen molar-refractivity contribution in [1.29, 1.82) is 0 Å². The number of H-pyrrole nitrogens is 2. The zero-order valence-corrected chi connectivity index (χ0v) is 42.9. The number of fused-ring (bicyclic) bond motifs is 2. The number of unbranched alkanes of at least 4 members (excludes halogenated alkanes) is 2. The van der Waals surface area contributed by atoms with Crippen molar-refractivity contribution >= 4 is 57.9 Å². The number of carboxylic acids is 2. The molecule has 372 valence electrons. The van der Waals surface area contributed by atoms with Gasteiger partial charge in [0, 0.05) is 61.3 Å². The molecule has 4 aromatic heterocycles. The molecular formula is C50H50Cl2Li2N14O6. The second kappa shape index (κ2) is 24.8. The molecule has 2 aliphatic rings. The number of hydrogen-bond acceptors (Lipinski definition) is 16. The third-order valence-corrected chi connectivity index (χ3v) is 13.6. The maximum atomic E-state index is 12.2. The van der Waals surface area contributed by atoms with Crippen molar-refractivity contribution in [2.24, 2.45) is 0 Å². The number of aryl methyl sites for hydroxylation is 2. The molecule has 2 unspecified atom stereocenters. The summed E-state index contributed by atoms with van der Waals surface area (Å²) in [5.74, 6) is 0.0779. The predicted octanol–water partition coefficient (Wildman–Crippen LogP) is -1.17. The molecule has 6 heterocycles. The number of aliphatic hydroxyl groups is 2. The first-order chi connectivity index (χ1) is 35.0. The molecule has 0 radical (unpaired) electrons. The minimum Gasteiger partial charge on any atom is -0.548 e. The molecule has 0 spiro atoms. The molecule has 0 saturated carbocycles. The van der Waals surface area contributed by atoms with E-state index in [1.165, 1.54) is 0 Å². The Balaban J connectivity index is 0.000000211. The number of tetrazole rings is 2. The normalized spacial score (nSPS) is 14.5. The first kappa shape index (κ1) is 55.4. The molecule has 10 rings (SSSR count). The molecule has 8 aromatic rings. The van der Waals surface area contributed by atoms with E-state index < -0.39 is 24.0 Å². The number of rotatable bonds is 18. The fraction of sp³-hybridized carbons (Fsp3) is 0.320. The van der Waals surface area contributed by atoms with Crippen LogP contribution < -0.4 is 57.7 Å². The van der Waals surface area contributed by atoms with E-state index >= 15 is 0 Å². The van der Waals surface area contributed by atoms with Crippen LogP contribution in [0.3, 0.4) is 0 Å². The van der Waals surface area contributed by atoms with Crippen LogP contribution in [0.2, 0.25) is 10.3 Å². The molecule has 0 aliphatic carbocycles. The van der Waals surface area contributed by atoms with Crippen molar-refractivity contribution in [3.05, 3.63) is 141 Å². The van der Waals surface area contributed by atoms with Gasteiger partial charge >= 0.3 is 37.7 Å². The first-order valence-corrected chi connectivity index (χ1v) is 24.4. The molecule has 4 N–H and O–H groups in total. The number of aromatic amines is 2. The van der Waals surface area contributed by atoms with Gasteiger partial charge in [0.05, 0.1) is 60.0 Å². The summed E-state index contributed by atoms with van der Waals surface area (Å²) >= 11 is 12.6. The van der Waals surface area contributed by atoms with Gasteiger partial charge in [0.1, 0.15) is 11.6 Å². The summed E-state index contributed by atoms with van der Waals surface area (Å²) in [5, 5.41) is 73.3. The largest absolute Gasteiger partial charge is 1.00 e. The number of carbonyl (C=O) groups is 2. The average Bonchev–Trinajstić information content (AvgIpc) is 4.26. The van der Waals surface area contributed by atoms with E-state index in [0.29, 0.717) is 68.9 Å². The van der Waals surface area contributed by atoms with Gasteiger partial charge in [-0.1, -0.05) is 98.4 Å². The Morgan fingerprint density at radius 1 is 0.622 bits per heavy atom. The Morgan fingerprint density at radius 3 is 1.38 bits per heavy atom. The molecule has 74 heavy (non-hydrogen) atoms. The number of hydrogen-bond donors (Lipinski definition) is 4. The van der Waals surface area contributed by atoms with Crippen LogP contribution in [0.1, 0.15) is 84.8 Å². The molecule has 2 atom stereocenters. The van der Waals surface area contributed by atoms with E-state index in [1.54, 1.807) is 9.80 Å². The summed E-state index contributed by atoms with van der Waals surface area (Å²) in [6.45, 7) is 4.73. The Labute approximate surface area is 459 Å². The van der Waals surface area contributed by atoms with Gasteiger partial charge in [-0.25, -0.2) is 9.97 Å². The minimum atomic E-state index is -1.17. The summed E-state index contributed by atoms with van der Waals surface area (Å²) < 4.78 is 3.91. The Bertz CT molecular complexity index is 3000. The van der Waals surface area contributed by atoms with Crippen LogP contribution in [-0.2, 0) is 61.6 Å². The number of nitrogens with one attached hydrogen (secondary N) is 2. The number of anilines is 4. The fourth-order valence-electron chi connectivity index (χ4n) is 9.58. The van der Waals surface area contributed by atoms with Crippen molar-refractivity contribution in [3.63, 3.8) is 0 Å². The molecule has 0 saturated heterocycles. The van der Waals surface area contributed by atoms with Gasteiger partial charge in [-0.3, -0.25) is 0 Å². The summed E-state index contributed by atoms with van der Waals surface area (Å²) in [7, 11) is 0. The molecule has 20 nitrogen and oxygen atoms in total. The van der Waals surface area contributed by atoms with Gasteiger partial charge in [-0.05, 0) is 81.9 Å². The van der Waals surface area contributed by atoms with Crippen LogP contribution in [0.25, 0.3) is 22.8 Å². The Hall–Kier alpha value is -6.33. The fourth-order valence-corrected chi connectivity index (χ4v) is 10.1. The third kappa shape index (κ3) is 11.3. The van der Waals surface area contributed by atoms with Crippen LogP contribution in [0.4, 0.5) is 22.7 Å². The second-order valence-corrected chi connectivity index (χ2v) is 18.2. The smallest absolute Gasteiger partial charge is 0.548 e. The number of para-hydroxylation sites is 2. The SMILES string of the molecule is CCCCc1nc(Cl)c(CO)n1Cc1ccc2c(c1)CC(C(=O)[O-])N2c1ccccc1-c1nn[nH]n1.CCCCc1nc(Cl)c(CO)n1Cc1ccc2c(c1)CC(C(=O)[O-])N2c1ccccc1-c1nn[nH]n1.[Li+].[Li+]. The summed E-state index contributed by atoms with van der Waals surface area (Å²) in [5.41, 5.74) is 9.04. The standard InChI is InChI=1S/2C25H26ClN7O3.2Li/c2*1-2-3-8-22-27-23(26)21(14-34)32(22)13-15-9-10-18-16(11-15)12-20(25(35)36)33(18)19-7-5-4-6-17(19)24-28-30-31-29-24;;/h2*4-7,9-11,20,34H,2-3,8,12-14H2,1H3,(H,35,36)(H,28,29,30,31);;/q;;2*+1/p-2. The molecule has 4 aromatic carbocycles. The van der Waals surface area contributed by atoms with Crippen molar-refractivity contribution in [3.8, 4) is 22.8 Å². The number of aliphatic carboxylic acids is 2. The summed E-state index contributed by atoms with van der Waals surface area (Å²) in [6.07, 6.45) is 6.05. The number of carboxylic acid groups (broad SMARTS) is 2. The van der Waals surface area contributed by atoms with Gasteiger partial charge in [0.25, 0.3) is 0 Å². The minimum absolute atomic E-state index is 0. The molecule has 0 fully saturated rings. The molecule has 0 bridgehead atoms. The van der Waals surface area contributed by atoms with Crippen LogP contribution in [0, 0.1) is 0 Å². The van der Waals surface area contributed by atoms with E-state index in [2.05, 4.69) is 65.1 Å². The zero-order valence-electron chi connectivity index (χ0n) is 41.4. The van der Waals surface area contributed by atoms with E-state index in [1.807, 2.05) is 94.1 Å². The third-order valence-electron chi connectivity index (χ3n) is 13.0. The monoisotopic (exact) mass is 1030 g/mol. The zero-order chi connectivity index (χ0) is 50.5. The van der Waals surface area contributed by atoms with E-state index in [0.717, 1.165) is 83.8 Å². The van der Waals surface area contributed by atoms with E-state index in [4.69, 9.17) is 23.2 Å². The van der Waals surface area contributed by atoms with Gasteiger partial charge in [-0.15, -0.1) is 20.4 Å². The Morgan fingerprint density at radius 2 is 1.03 bits per heavy atom. The summed E-state index contributed by atoms with van der Waals surface area (Å²) in [6, 6.07) is 24.7. The number of nitrogens with zero attached hydrogens (tertiary/aromatic N) is 12. The quantitative estimate of drug-likeness (QED) is 0.0738. The topological polar surface area (TPSA) is 272 Å².